The van der Waals surface area contributed by atoms with Gasteiger partial charge in [0.1, 0.15) is 11.5 Å². The molecular formula is C12H14N2O2. The van der Waals surface area contributed by atoms with Crippen LogP contribution in [-0.4, -0.2) is 22.8 Å². The van der Waals surface area contributed by atoms with Crippen molar-refractivity contribution in [1.29, 1.82) is 0 Å². The smallest absolute Gasteiger partial charge is 0.270 e. The number of carbonyl (C=O) groups is 1. The van der Waals surface area contributed by atoms with E-state index in [1.165, 1.54) is 0 Å². The number of aromatic amines is 1. The number of carbonyl (C=O) groups excluding carboxylic acids is 1. The molecule has 0 radical (unpaired) electrons. The molecule has 1 amide bonds. The van der Waals surface area contributed by atoms with Crippen LogP contribution in [0.3, 0.4) is 0 Å². The number of aromatic nitrogens is 1. The Morgan fingerprint density at radius 3 is 2.81 bits per heavy atom. The van der Waals surface area contributed by atoms with Gasteiger partial charge in [-0.3, -0.25) is 4.79 Å². The van der Waals surface area contributed by atoms with Crippen molar-refractivity contribution >= 4 is 5.91 Å². The van der Waals surface area contributed by atoms with Crippen LogP contribution < -0.4 is 0 Å². The monoisotopic (exact) mass is 218 g/mol. The molecule has 4 nitrogen and oxygen atoms in total. The van der Waals surface area contributed by atoms with Crippen LogP contribution in [0.2, 0.25) is 0 Å². The lowest BCUT2D eigenvalue weighted by Crippen LogP contribution is -2.29. The second kappa shape index (κ2) is 4.26. The Hall–Kier alpha value is -1.97. The molecule has 2 aromatic rings. The molecular weight excluding hydrogens is 204 g/mol. The average molecular weight is 218 g/mol. The van der Waals surface area contributed by atoms with Gasteiger partial charge in [-0.15, -0.1) is 0 Å². The van der Waals surface area contributed by atoms with E-state index in [1.54, 1.807) is 36.5 Å². The SMILES string of the molecule is CC(c1ccco1)N(C)C(=O)c1ccc[nH]1. The van der Waals surface area contributed by atoms with E-state index in [4.69, 9.17) is 4.42 Å². The molecule has 2 heterocycles. The molecule has 0 aromatic carbocycles. The van der Waals surface area contributed by atoms with Crippen LogP contribution in [0.25, 0.3) is 0 Å². The van der Waals surface area contributed by atoms with E-state index in [2.05, 4.69) is 4.98 Å². The molecule has 1 N–H and O–H groups in total. The van der Waals surface area contributed by atoms with Gasteiger partial charge in [0.25, 0.3) is 5.91 Å². The summed E-state index contributed by atoms with van der Waals surface area (Å²) in [6, 6.07) is 7.17. The first-order valence-electron chi connectivity index (χ1n) is 5.14. The van der Waals surface area contributed by atoms with Gasteiger partial charge in [-0.1, -0.05) is 0 Å². The molecule has 4 heteroatoms. The van der Waals surface area contributed by atoms with E-state index in [0.717, 1.165) is 5.76 Å². The molecule has 16 heavy (non-hydrogen) atoms. The molecule has 0 fully saturated rings. The Balaban J connectivity index is 2.14. The molecule has 0 saturated carbocycles. The second-order valence-corrected chi connectivity index (χ2v) is 3.69. The van der Waals surface area contributed by atoms with Crippen molar-refractivity contribution in [2.45, 2.75) is 13.0 Å². The largest absolute Gasteiger partial charge is 0.467 e. The highest BCUT2D eigenvalue weighted by atomic mass is 16.3. The molecule has 1 atom stereocenters. The highest BCUT2D eigenvalue weighted by Gasteiger charge is 2.20. The summed E-state index contributed by atoms with van der Waals surface area (Å²) in [7, 11) is 1.76. The van der Waals surface area contributed by atoms with Crippen molar-refractivity contribution < 1.29 is 9.21 Å². The summed E-state index contributed by atoms with van der Waals surface area (Å²) in [6.45, 7) is 1.93. The number of furan rings is 1. The van der Waals surface area contributed by atoms with E-state index in [1.807, 2.05) is 19.1 Å². The minimum Gasteiger partial charge on any atom is -0.467 e. The van der Waals surface area contributed by atoms with Crippen LogP contribution >= 0.6 is 0 Å². The van der Waals surface area contributed by atoms with Crippen LogP contribution in [0.15, 0.2) is 41.1 Å². The highest BCUT2D eigenvalue weighted by molar-refractivity contribution is 5.92. The zero-order chi connectivity index (χ0) is 11.5. The minimum atomic E-state index is -0.0780. The maximum Gasteiger partial charge on any atom is 0.270 e. The van der Waals surface area contributed by atoms with Gasteiger partial charge in [-0.05, 0) is 31.2 Å². The maximum atomic E-state index is 12.0. The lowest BCUT2D eigenvalue weighted by molar-refractivity contribution is 0.0721. The fourth-order valence-electron chi connectivity index (χ4n) is 1.55. The fraction of sp³-hybridized carbons (Fsp3) is 0.250. The first-order valence-corrected chi connectivity index (χ1v) is 5.14. The third-order valence-electron chi connectivity index (χ3n) is 2.68. The Morgan fingerprint density at radius 2 is 2.25 bits per heavy atom. The molecule has 84 valence electrons. The molecule has 0 aliphatic rings. The Morgan fingerprint density at radius 1 is 1.44 bits per heavy atom. The molecule has 2 rings (SSSR count). The standard InChI is InChI=1S/C12H14N2O2/c1-9(11-6-4-8-16-11)14(2)12(15)10-5-3-7-13-10/h3-9,13H,1-2H3. The van der Waals surface area contributed by atoms with E-state index >= 15 is 0 Å². The molecule has 0 spiro atoms. The van der Waals surface area contributed by atoms with Crippen LogP contribution in [0.4, 0.5) is 0 Å². The number of rotatable bonds is 3. The summed E-state index contributed by atoms with van der Waals surface area (Å²) in [5.74, 6) is 0.733. The van der Waals surface area contributed by atoms with Crippen LogP contribution in [0.1, 0.15) is 29.2 Å². The van der Waals surface area contributed by atoms with E-state index < -0.39 is 0 Å². The van der Waals surface area contributed by atoms with E-state index in [9.17, 15) is 4.79 Å². The summed E-state index contributed by atoms with van der Waals surface area (Å²) in [5.41, 5.74) is 0.584. The van der Waals surface area contributed by atoms with Crippen molar-refractivity contribution in [3.05, 3.63) is 48.2 Å². The van der Waals surface area contributed by atoms with Gasteiger partial charge in [0.05, 0.1) is 12.3 Å². The lowest BCUT2D eigenvalue weighted by atomic mass is 10.2. The van der Waals surface area contributed by atoms with Crippen LogP contribution in [0, 0.1) is 0 Å². The Labute approximate surface area is 93.9 Å². The zero-order valence-electron chi connectivity index (χ0n) is 9.31. The predicted molar refractivity (Wildman–Crippen MR) is 60.0 cm³/mol. The van der Waals surface area contributed by atoms with Gasteiger partial charge in [-0.25, -0.2) is 0 Å². The lowest BCUT2D eigenvalue weighted by Gasteiger charge is -2.22. The third kappa shape index (κ3) is 1.86. The Bertz CT molecular complexity index is 445. The molecule has 0 aliphatic carbocycles. The number of H-pyrrole nitrogens is 1. The topological polar surface area (TPSA) is 49.2 Å². The quantitative estimate of drug-likeness (QED) is 0.860. The normalized spacial score (nSPS) is 12.4. The number of nitrogens with zero attached hydrogens (tertiary/aromatic N) is 1. The molecule has 2 aromatic heterocycles. The average Bonchev–Trinajstić information content (AvgIpc) is 2.97. The minimum absolute atomic E-state index is 0.0473. The summed E-state index contributed by atoms with van der Waals surface area (Å²) >= 11 is 0. The van der Waals surface area contributed by atoms with E-state index in [-0.39, 0.29) is 11.9 Å². The Kier molecular flexibility index (Phi) is 2.81. The number of amides is 1. The van der Waals surface area contributed by atoms with Crippen molar-refractivity contribution in [3.8, 4) is 0 Å². The van der Waals surface area contributed by atoms with Gasteiger partial charge in [0.15, 0.2) is 0 Å². The van der Waals surface area contributed by atoms with E-state index in [0.29, 0.717) is 5.69 Å². The van der Waals surface area contributed by atoms with Gasteiger partial charge in [0, 0.05) is 13.2 Å². The van der Waals surface area contributed by atoms with Gasteiger partial charge in [-0.2, -0.15) is 0 Å². The summed E-state index contributed by atoms with van der Waals surface area (Å²) in [6.07, 6.45) is 3.34. The first-order chi connectivity index (χ1) is 7.70. The molecule has 0 bridgehead atoms. The molecule has 0 saturated heterocycles. The molecule has 1 unspecified atom stereocenters. The summed E-state index contributed by atoms with van der Waals surface area (Å²) < 4.78 is 5.28. The third-order valence-corrected chi connectivity index (χ3v) is 2.68. The van der Waals surface area contributed by atoms with Crippen molar-refractivity contribution in [3.63, 3.8) is 0 Å². The highest BCUT2D eigenvalue weighted by Crippen LogP contribution is 2.20. The van der Waals surface area contributed by atoms with Gasteiger partial charge < -0.3 is 14.3 Å². The first kappa shape index (κ1) is 10.5. The summed E-state index contributed by atoms with van der Waals surface area (Å²) in [5, 5.41) is 0. The second-order valence-electron chi connectivity index (χ2n) is 3.69. The van der Waals surface area contributed by atoms with Crippen LogP contribution in [-0.2, 0) is 0 Å². The van der Waals surface area contributed by atoms with Crippen molar-refractivity contribution in [1.82, 2.24) is 9.88 Å². The van der Waals surface area contributed by atoms with Crippen LogP contribution in [0.5, 0.6) is 0 Å². The van der Waals surface area contributed by atoms with Crippen molar-refractivity contribution in [2.75, 3.05) is 7.05 Å². The molecule has 0 aliphatic heterocycles. The number of hydrogen-bond donors (Lipinski definition) is 1. The summed E-state index contributed by atoms with van der Waals surface area (Å²) in [4.78, 5) is 16.5. The van der Waals surface area contributed by atoms with Gasteiger partial charge in [0.2, 0.25) is 0 Å². The van der Waals surface area contributed by atoms with Crippen molar-refractivity contribution in [2.24, 2.45) is 0 Å². The fourth-order valence-corrected chi connectivity index (χ4v) is 1.55. The zero-order valence-corrected chi connectivity index (χ0v) is 9.31. The maximum absolute atomic E-state index is 12.0. The predicted octanol–water partition coefficient (Wildman–Crippen LogP) is 2.44. The van der Waals surface area contributed by atoms with Gasteiger partial charge >= 0.3 is 0 Å². The number of nitrogens with one attached hydrogen (secondary N) is 1. The number of hydrogen-bond acceptors (Lipinski definition) is 2.